The Balaban J connectivity index is 0.000000132. The number of hydrogen-bond acceptors (Lipinski definition) is 6. The van der Waals surface area contributed by atoms with Gasteiger partial charge < -0.3 is 18.6 Å². The molecule has 0 saturated heterocycles. The average molecular weight is 1100 g/mol. The molecule has 0 atom stereocenters. The molecule has 0 aliphatic carbocycles. The van der Waals surface area contributed by atoms with Crippen LogP contribution in [-0.4, -0.2) is 25.8 Å². The van der Waals surface area contributed by atoms with Gasteiger partial charge in [-0.15, -0.1) is 0 Å². The first-order valence-corrected chi connectivity index (χ1v) is 28.6. The third-order valence-electron chi connectivity index (χ3n) is 16.8. The van der Waals surface area contributed by atoms with E-state index in [-0.39, 0.29) is 6.71 Å². The van der Waals surface area contributed by atoms with Crippen molar-refractivity contribution >= 4 is 135 Å². The minimum absolute atomic E-state index is 0.0424. The molecule has 2 aliphatic rings. The number of rotatable bonds is 7. The van der Waals surface area contributed by atoms with E-state index in [9.17, 15) is 0 Å². The van der Waals surface area contributed by atoms with Crippen molar-refractivity contribution in [1.29, 1.82) is 0 Å². The smallest absolute Gasteiger partial charge is 0.297 e. The van der Waals surface area contributed by atoms with E-state index in [0.29, 0.717) is 5.02 Å². The number of anilines is 6. The lowest BCUT2D eigenvalue weighted by molar-refractivity contribution is 0.616. The van der Waals surface area contributed by atoms with Crippen LogP contribution in [0, 0.1) is 0 Å². The zero-order valence-electron chi connectivity index (χ0n) is 45.0. The highest BCUT2D eigenvalue weighted by Crippen LogP contribution is 2.50. The number of halogens is 1. The van der Waals surface area contributed by atoms with E-state index in [1.54, 1.807) is 0 Å². The number of fused-ring (bicyclic) bond motifs is 13. The fraction of sp³-hybridized carbons (Fsp3) is 0. The molecule has 6 aromatic heterocycles. The van der Waals surface area contributed by atoms with Gasteiger partial charge in [0.15, 0.2) is 0 Å². The third kappa shape index (κ3) is 7.16. The van der Waals surface area contributed by atoms with Gasteiger partial charge in [-0.05, 0) is 113 Å². The van der Waals surface area contributed by atoms with Gasteiger partial charge in [0.2, 0.25) is 0 Å². The first kappa shape index (κ1) is 47.9. The first-order chi connectivity index (χ1) is 41.7. The molecule has 2 aliphatic heterocycles. The summed E-state index contributed by atoms with van der Waals surface area (Å²) < 4.78 is 17.5. The number of para-hydroxylation sites is 6. The number of benzene rings is 10. The molecule has 0 spiro atoms. The van der Waals surface area contributed by atoms with E-state index >= 15 is 0 Å². The molecular weight excluding hydrogens is 1050 g/mol. The molecular formula is C74H46BClN6O2. The number of furan rings is 2. The molecule has 0 radical (unpaired) electrons. The van der Waals surface area contributed by atoms with E-state index in [1.165, 1.54) is 44.0 Å². The second kappa shape index (κ2) is 19.1. The summed E-state index contributed by atoms with van der Waals surface area (Å²) in [5, 5.41) is 7.34. The zero-order valence-corrected chi connectivity index (χ0v) is 45.8. The van der Waals surface area contributed by atoms with Crippen LogP contribution in [0.2, 0.25) is 5.02 Å². The van der Waals surface area contributed by atoms with Crippen molar-refractivity contribution in [2.24, 2.45) is 0 Å². The predicted octanol–water partition coefficient (Wildman–Crippen LogP) is 17.9. The van der Waals surface area contributed by atoms with Gasteiger partial charge in [0.25, 0.3) is 6.71 Å². The van der Waals surface area contributed by atoms with Gasteiger partial charge >= 0.3 is 0 Å². The average Bonchev–Trinajstić information content (AvgIpc) is 1.61. The lowest BCUT2D eigenvalue weighted by atomic mass is 9.36. The summed E-state index contributed by atoms with van der Waals surface area (Å²) in [6.45, 7) is -0.0424. The van der Waals surface area contributed by atoms with Crippen LogP contribution in [0.3, 0.4) is 0 Å². The van der Waals surface area contributed by atoms with Crippen molar-refractivity contribution in [3.05, 3.63) is 285 Å². The molecule has 0 amide bonds. The van der Waals surface area contributed by atoms with Crippen LogP contribution in [0.5, 0.6) is 0 Å². The van der Waals surface area contributed by atoms with Crippen molar-refractivity contribution in [3.63, 3.8) is 0 Å². The second-order valence-electron chi connectivity index (χ2n) is 21.3. The molecule has 10 heteroatoms. The van der Waals surface area contributed by atoms with Crippen molar-refractivity contribution in [2.45, 2.75) is 0 Å². The number of hydrogen-bond donors (Lipinski definition) is 0. The Bertz CT molecular complexity index is 5230. The van der Waals surface area contributed by atoms with Crippen molar-refractivity contribution in [2.75, 3.05) is 9.80 Å². The molecule has 394 valence electrons. The molecule has 0 saturated carbocycles. The Labute approximate surface area is 488 Å². The Morgan fingerprint density at radius 3 is 1.77 bits per heavy atom. The van der Waals surface area contributed by atoms with Crippen LogP contribution in [0.4, 0.5) is 34.1 Å². The molecule has 8 heterocycles. The van der Waals surface area contributed by atoms with Crippen LogP contribution in [0.1, 0.15) is 0 Å². The molecule has 0 unspecified atom stereocenters. The van der Waals surface area contributed by atoms with Crippen LogP contribution in [-0.2, 0) is 0 Å². The summed E-state index contributed by atoms with van der Waals surface area (Å²) in [7, 11) is 0. The van der Waals surface area contributed by atoms with E-state index in [4.69, 9.17) is 30.4 Å². The lowest BCUT2D eigenvalue weighted by Crippen LogP contribution is -2.60. The maximum atomic E-state index is 7.49. The van der Waals surface area contributed by atoms with Gasteiger partial charge in [0.05, 0.1) is 55.8 Å². The SMILES string of the molecule is Clc1c(N(c2ccccc2-c2ccccc2)c2coc3ccccc23)cccc1-n1c2ccccc2c2cccnc21.c1ccc(-c2ccccc2N2c3cccc4c3B(c3oc5ccccc5c32)c2cccc3c5cccnc5n-4c23)cc1. The lowest BCUT2D eigenvalue weighted by Gasteiger charge is -2.38. The molecule has 18 rings (SSSR count). The van der Waals surface area contributed by atoms with E-state index in [2.05, 4.69) is 243 Å². The zero-order chi connectivity index (χ0) is 55.4. The van der Waals surface area contributed by atoms with E-state index in [1.807, 2.05) is 55.1 Å². The summed E-state index contributed by atoms with van der Waals surface area (Å²) in [4.78, 5) is 14.3. The topological polar surface area (TPSA) is 68.4 Å². The Hall–Kier alpha value is -10.9. The minimum Gasteiger partial charge on any atom is -0.468 e. The fourth-order valence-electron chi connectivity index (χ4n) is 13.4. The molecule has 84 heavy (non-hydrogen) atoms. The van der Waals surface area contributed by atoms with Crippen molar-refractivity contribution < 1.29 is 8.83 Å². The summed E-state index contributed by atoms with van der Waals surface area (Å²) in [5.41, 5.74) is 22.0. The molecule has 0 N–H and O–H groups in total. The monoisotopic (exact) mass is 1100 g/mol. The quantitative estimate of drug-likeness (QED) is 0.148. The molecule has 8 nitrogen and oxygen atoms in total. The minimum atomic E-state index is -0.0424. The van der Waals surface area contributed by atoms with Crippen LogP contribution >= 0.6 is 11.6 Å². The van der Waals surface area contributed by atoms with Gasteiger partial charge in [0.1, 0.15) is 28.7 Å². The van der Waals surface area contributed by atoms with Crippen LogP contribution < -0.4 is 26.4 Å². The highest BCUT2D eigenvalue weighted by atomic mass is 35.5. The van der Waals surface area contributed by atoms with Crippen LogP contribution in [0.25, 0.3) is 99.4 Å². The van der Waals surface area contributed by atoms with Gasteiger partial charge in [0, 0.05) is 67.2 Å². The molecule has 16 aromatic rings. The maximum Gasteiger partial charge on any atom is 0.297 e. The molecule has 10 aromatic carbocycles. The number of nitrogens with zero attached hydrogens (tertiary/aromatic N) is 6. The fourth-order valence-corrected chi connectivity index (χ4v) is 13.7. The highest BCUT2D eigenvalue weighted by molar-refractivity contribution is 7.00. The Kier molecular flexibility index (Phi) is 10.9. The van der Waals surface area contributed by atoms with Gasteiger partial charge in [-0.25, -0.2) is 9.97 Å². The summed E-state index contributed by atoms with van der Waals surface area (Å²) in [5.74, 6) is 0. The maximum absolute atomic E-state index is 7.49. The second-order valence-corrected chi connectivity index (χ2v) is 21.7. The largest absolute Gasteiger partial charge is 0.468 e. The summed E-state index contributed by atoms with van der Waals surface area (Å²) >= 11 is 7.49. The van der Waals surface area contributed by atoms with E-state index in [0.717, 1.165) is 106 Å². The van der Waals surface area contributed by atoms with Gasteiger partial charge in [-0.1, -0.05) is 181 Å². The van der Waals surface area contributed by atoms with E-state index < -0.39 is 0 Å². The molecule has 0 bridgehead atoms. The number of pyridine rings is 2. The number of aromatic nitrogens is 4. The summed E-state index contributed by atoms with van der Waals surface area (Å²) in [6, 6.07) is 90.9. The summed E-state index contributed by atoms with van der Waals surface area (Å²) in [6.07, 6.45) is 5.54. The van der Waals surface area contributed by atoms with Crippen molar-refractivity contribution in [3.8, 4) is 33.6 Å². The Morgan fingerprint density at radius 1 is 0.405 bits per heavy atom. The Morgan fingerprint density at radius 2 is 0.964 bits per heavy atom. The highest BCUT2D eigenvalue weighted by Gasteiger charge is 2.46. The predicted molar refractivity (Wildman–Crippen MR) is 347 cm³/mol. The third-order valence-corrected chi connectivity index (χ3v) is 17.2. The van der Waals surface area contributed by atoms with Gasteiger partial charge in [-0.3, -0.25) is 9.13 Å². The normalized spacial score (nSPS) is 12.3. The van der Waals surface area contributed by atoms with Crippen LogP contribution in [0.15, 0.2) is 288 Å². The van der Waals surface area contributed by atoms with Crippen molar-refractivity contribution in [1.82, 2.24) is 19.1 Å². The standard InChI is InChI=1S/C37H22BN3O.C37H24ClN3O/c1-2-11-23(12-3-1)24-13-4-6-18-29(24)40-30-19-9-20-31-33(30)38(36-35(40)27-14-5-7-21-32(27)42-36)28-17-8-15-25-26-16-10-22-39-37(26)41(31)34(25)28;38-36-32(20-10-21-33(36)41-31-19-8-5-15-27(31)28-17-11-23-39-37(28)41)40(34-24-42-35-22-9-6-16-29(34)35)30-18-7-4-14-26(30)25-12-2-1-3-13-25/h1-22H;1-24H. The van der Waals surface area contributed by atoms with Gasteiger partial charge in [-0.2, -0.15) is 0 Å². The first-order valence-electron chi connectivity index (χ1n) is 28.2. The molecule has 0 fully saturated rings.